The summed E-state index contributed by atoms with van der Waals surface area (Å²) in [7, 11) is 0. The number of benzene rings is 2. The lowest BCUT2D eigenvalue weighted by Gasteiger charge is -2.33. The number of halogens is 1. The number of carbonyl (C=O) groups excluding carboxylic acids is 1. The van der Waals surface area contributed by atoms with Gasteiger partial charge in [-0.25, -0.2) is 4.39 Å². The molecule has 3 aromatic rings. The molecular weight excluding hydrogens is 457 g/mol. The summed E-state index contributed by atoms with van der Waals surface area (Å²) in [6.45, 7) is 7.78. The Kier molecular flexibility index (Phi) is 7.28. The van der Waals surface area contributed by atoms with E-state index in [0.29, 0.717) is 6.61 Å². The Bertz CT molecular complexity index is 1240. The summed E-state index contributed by atoms with van der Waals surface area (Å²) in [5.74, 6) is 0.650. The van der Waals surface area contributed by atoms with Gasteiger partial charge in [-0.3, -0.25) is 19.6 Å². The van der Waals surface area contributed by atoms with Crippen LogP contribution in [0.1, 0.15) is 24.8 Å². The average molecular weight is 489 g/mol. The van der Waals surface area contributed by atoms with Crippen molar-refractivity contribution in [1.29, 1.82) is 0 Å². The number of fused-ring (bicyclic) bond motifs is 1. The Morgan fingerprint density at radius 3 is 2.72 bits per heavy atom. The highest BCUT2D eigenvalue weighted by molar-refractivity contribution is 5.95. The number of amides is 1. The van der Waals surface area contributed by atoms with Gasteiger partial charge in [0.05, 0.1) is 19.5 Å². The van der Waals surface area contributed by atoms with Crippen LogP contribution in [-0.2, 0) is 11.4 Å². The fraction of sp³-hybridized carbons (Fsp3) is 0.393. The standard InChI is InChI=1S/C28H31FN5O2/c1-30-26-16-21(29)17-34(26)27(35)18-33-14-11-22(12-15-33)32-24-9-10-25(28-23(24)8-5-13-31-28)36-19-20-6-3-2-4-7-20/h1-10,13,21-22,26,32H,11-12,14-19H2/q+1/t21-,26-/m0/s1. The first-order chi connectivity index (χ1) is 17.6. The van der Waals surface area contributed by atoms with Gasteiger partial charge in [0.2, 0.25) is 5.91 Å². The lowest BCUT2D eigenvalue weighted by Crippen LogP contribution is -2.46. The summed E-state index contributed by atoms with van der Waals surface area (Å²) in [5, 5.41) is 4.70. The number of anilines is 1. The molecule has 0 unspecified atom stereocenters. The largest absolute Gasteiger partial charge is 0.487 e. The number of aromatic nitrogens is 1. The molecule has 1 N–H and O–H groups in total. The van der Waals surface area contributed by atoms with Crippen LogP contribution in [-0.4, -0.2) is 65.2 Å². The Morgan fingerprint density at radius 1 is 1.14 bits per heavy atom. The van der Waals surface area contributed by atoms with E-state index >= 15 is 0 Å². The zero-order valence-electron chi connectivity index (χ0n) is 20.2. The fourth-order valence-corrected chi connectivity index (χ4v) is 5.04. The number of ether oxygens (including phenoxy) is 1. The van der Waals surface area contributed by atoms with Gasteiger partial charge in [0.25, 0.3) is 6.57 Å². The van der Waals surface area contributed by atoms with Gasteiger partial charge < -0.3 is 10.1 Å². The Morgan fingerprint density at radius 2 is 1.94 bits per heavy atom. The zero-order valence-corrected chi connectivity index (χ0v) is 20.2. The van der Waals surface area contributed by atoms with E-state index in [0.717, 1.165) is 53.8 Å². The fourth-order valence-electron chi connectivity index (χ4n) is 5.04. The summed E-state index contributed by atoms with van der Waals surface area (Å²) >= 11 is 0. The van der Waals surface area contributed by atoms with Crippen LogP contribution in [0.15, 0.2) is 60.8 Å². The predicted octanol–water partition coefficient (Wildman–Crippen LogP) is 4.55. The van der Waals surface area contributed by atoms with E-state index in [1.165, 1.54) is 4.90 Å². The zero-order chi connectivity index (χ0) is 24.9. The molecule has 2 aliphatic heterocycles. The number of hydrogen-bond acceptors (Lipinski definition) is 5. The second-order valence-corrected chi connectivity index (χ2v) is 9.49. The summed E-state index contributed by atoms with van der Waals surface area (Å²) in [6.07, 6.45) is 2.17. The summed E-state index contributed by atoms with van der Waals surface area (Å²) in [6, 6.07) is 18.4. The van der Waals surface area contributed by atoms with Crippen LogP contribution in [0.3, 0.4) is 0 Å². The van der Waals surface area contributed by atoms with Crippen LogP contribution >= 0.6 is 0 Å². The SMILES string of the molecule is C#[N+][C@@H]1C[C@H](F)CN1C(=O)CN1CCC(Nc2ccc(OCc3ccccc3)c3ncccc23)CC1. The van der Waals surface area contributed by atoms with Gasteiger partial charge in [0.1, 0.15) is 24.0 Å². The van der Waals surface area contributed by atoms with Crippen molar-refractivity contribution in [2.45, 2.75) is 44.2 Å². The smallest absolute Gasteiger partial charge is 0.352 e. The lowest BCUT2D eigenvalue weighted by atomic mass is 10.0. The minimum atomic E-state index is -1.05. The van der Waals surface area contributed by atoms with E-state index in [4.69, 9.17) is 11.3 Å². The van der Waals surface area contributed by atoms with Crippen LogP contribution in [0.4, 0.5) is 10.1 Å². The molecule has 2 fully saturated rings. The molecule has 7 nitrogen and oxygen atoms in total. The van der Waals surface area contributed by atoms with E-state index < -0.39 is 12.3 Å². The lowest BCUT2D eigenvalue weighted by molar-refractivity contribution is -0.133. The maximum Gasteiger partial charge on any atom is 0.352 e. The normalized spacial score (nSPS) is 20.8. The first kappa shape index (κ1) is 24.0. The number of hydrogen-bond donors (Lipinski definition) is 1. The molecule has 0 radical (unpaired) electrons. The van der Waals surface area contributed by atoms with Gasteiger partial charge in [-0.15, -0.1) is 0 Å². The van der Waals surface area contributed by atoms with Crippen LogP contribution in [0.5, 0.6) is 5.75 Å². The topological polar surface area (TPSA) is 62.1 Å². The summed E-state index contributed by atoms with van der Waals surface area (Å²) < 4.78 is 19.8. The maximum atomic E-state index is 13.7. The Labute approximate surface area is 210 Å². The highest BCUT2D eigenvalue weighted by Crippen LogP contribution is 2.32. The van der Waals surface area contributed by atoms with Crippen molar-refractivity contribution in [3.8, 4) is 12.3 Å². The molecule has 0 spiro atoms. The molecule has 0 aliphatic carbocycles. The third-order valence-corrected chi connectivity index (χ3v) is 6.99. The highest BCUT2D eigenvalue weighted by Gasteiger charge is 2.42. The van der Waals surface area contributed by atoms with E-state index in [1.54, 1.807) is 6.20 Å². The first-order valence-corrected chi connectivity index (χ1v) is 12.5. The van der Waals surface area contributed by atoms with Crippen molar-refractivity contribution in [3.63, 3.8) is 0 Å². The third-order valence-electron chi connectivity index (χ3n) is 6.99. The van der Waals surface area contributed by atoms with Gasteiger partial charge in [0, 0.05) is 36.4 Å². The van der Waals surface area contributed by atoms with Gasteiger partial charge >= 0.3 is 6.17 Å². The second kappa shape index (κ2) is 10.9. The number of pyridine rings is 1. The molecule has 1 amide bonds. The number of nitrogens with one attached hydrogen (secondary N) is 1. The molecule has 1 aromatic heterocycles. The van der Waals surface area contributed by atoms with Crippen molar-refractivity contribution < 1.29 is 13.9 Å². The van der Waals surface area contributed by atoms with Crippen molar-refractivity contribution >= 4 is 22.5 Å². The molecule has 2 aliphatic rings. The maximum absolute atomic E-state index is 13.7. The van der Waals surface area contributed by atoms with Gasteiger partial charge in [-0.2, -0.15) is 0 Å². The number of rotatable bonds is 7. The quantitative estimate of drug-likeness (QED) is 0.529. The van der Waals surface area contributed by atoms with E-state index in [9.17, 15) is 9.18 Å². The minimum absolute atomic E-state index is 0.0778. The van der Waals surface area contributed by atoms with E-state index in [2.05, 4.69) is 32.2 Å². The molecular formula is C28H31FN5O2+. The predicted molar refractivity (Wildman–Crippen MR) is 139 cm³/mol. The van der Waals surface area contributed by atoms with Crippen molar-refractivity contribution in [2.24, 2.45) is 0 Å². The molecule has 186 valence electrons. The number of alkyl halides is 1. The average Bonchev–Trinajstić information content (AvgIpc) is 3.31. The van der Waals surface area contributed by atoms with Crippen LogP contribution < -0.4 is 10.1 Å². The van der Waals surface area contributed by atoms with Gasteiger partial charge in [0.15, 0.2) is 0 Å². The molecule has 0 saturated carbocycles. The molecule has 8 heteroatoms. The highest BCUT2D eigenvalue weighted by atomic mass is 19.1. The van der Waals surface area contributed by atoms with Crippen LogP contribution in [0.25, 0.3) is 15.7 Å². The second-order valence-electron chi connectivity index (χ2n) is 9.49. The number of likely N-dealkylation sites (tertiary alicyclic amines) is 2. The monoisotopic (exact) mass is 488 g/mol. The molecule has 2 saturated heterocycles. The number of carbonyl (C=O) groups is 1. The summed E-state index contributed by atoms with van der Waals surface area (Å²) in [4.78, 5) is 24.5. The molecule has 2 atom stereocenters. The van der Waals surface area contributed by atoms with Crippen LogP contribution in [0, 0.1) is 6.57 Å². The molecule has 5 rings (SSSR count). The number of piperidine rings is 1. The number of nitrogens with zero attached hydrogens (tertiary/aromatic N) is 4. The molecule has 0 bridgehead atoms. The Balaban J connectivity index is 1.18. The van der Waals surface area contributed by atoms with E-state index in [1.807, 2.05) is 42.5 Å². The molecule has 2 aromatic carbocycles. The van der Waals surface area contributed by atoms with Crippen molar-refractivity contribution in [1.82, 2.24) is 14.8 Å². The third kappa shape index (κ3) is 5.42. The minimum Gasteiger partial charge on any atom is -0.487 e. The first-order valence-electron chi connectivity index (χ1n) is 12.5. The molecule has 36 heavy (non-hydrogen) atoms. The van der Waals surface area contributed by atoms with Crippen LogP contribution in [0.2, 0.25) is 0 Å². The summed E-state index contributed by atoms with van der Waals surface area (Å²) in [5.41, 5.74) is 2.97. The molecule has 3 heterocycles. The van der Waals surface area contributed by atoms with Crippen molar-refractivity contribution in [2.75, 3.05) is 31.5 Å². The Hall–Kier alpha value is -3.70. The van der Waals surface area contributed by atoms with E-state index in [-0.39, 0.29) is 31.5 Å². The van der Waals surface area contributed by atoms with Gasteiger partial charge in [-0.05, 0) is 42.7 Å². The van der Waals surface area contributed by atoms with Gasteiger partial charge in [-0.1, -0.05) is 35.2 Å². The van der Waals surface area contributed by atoms with Crippen molar-refractivity contribution in [3.05, 3.63) is 71.2 Å².